The normalized spacial score (nSPS) is 14.6. The van der Waals surface area contributed by atoms with E-state index < -0.39 is 0 Å². The molecule has 3 N–H and O–H groups in total. The van der Waals surface area contributed by atoms with Gasteiger partial charge in [-0.15, -0.1) is 11.3 Å². The lowest BCUT2D eigenvalue weighted by Crippen LogP contribution is -2.28. The Labute approximate surface area is 217 Å². The molecular weight excluding hydrogens is 472 g/mol. The number of thiazole rings is 1. The van der Waals surface area contributed by atoms with Gasteiger partial charge in [0, 0.05) is 22.5 Å². The molecule has 36 heavy (non-hydrogen) atoms. The summed E-state index contributed by atoms with van der Waals surface area (Å²) in [5, 5.41) is 12.8. The van der Waals surface area contributed by atoms with Gasteiger partial charge < -0.3 is 20.4 Å². The van der Waals surface area contributed by atoms with Crippen LogP contribution in [-0.2, 0) is 6.54 Å². The van der Waals surface area contributed by atoms with E-state index in [1.54, 1.807) is 12.1 Å². The fraction of sp³-hybridized carbons (Fsp3) is 0.429. The van der Waals surface area contributed by atoms with Crippen molar-refractivity contribution < 1.29 is 14.7 Å². The van der Waals surface area contributed by atoms with Crippen molar-refractivity contribution in [2.75, 3.05) is 26.3 Å². The number of nitrogens with two attached hydrogens (primary N) is 1. The molecule has 0 unspecified atom stereocenters. The van der Waals surface area contributed by atoms with Crippen molar-refractivity contribution in [3.8, 4) is 22.8 Å². The molecule has 2 heterocycles. The Morgan fingerprint density at radius 2 is 1.56 bits per heavy atom. The molecule has 0 amide bonds. The smallest absolute Gasteiger partial charge is 0.170 e. The van der Waals surface area contributed by atoms with Gasteiger partial charge in [0.05, 0.1) is 23.9 Å². The maximum absolute atomic E-state index is 8.71. The minimum absolute atomic E-state index is 0.0898. The van der Waals surface area contributed by atoms with E-state index in [1.165, 1.54) is 37.2 Å². The number of ether oxygens (including phenoxy) is 2. The van der Waals surface area contributed by atoms with Crippen LogP contribution >= 0.6 is 11.3 Å². The molecule has 1 aromatic heterocycles. The Kier molecular flexibility index (Phi) is 9.58. The summed E-state index contributed by atoms with van der Waals surface area (Å²) in [5.41, 5.74) is 8.51. The zero-order valence-electron chi connectivity index (χ0n) is 21.0. The van der Waals surface area contributed by atoms with Gasteiger partial charge in [0.15, 0.2) is 5.84 Å². The number of hydrogen-bond acceptors (Lipinski definition) is 7. The van der Waals surface area contributed by atoms with E-state index in [9.17, 15) is 0 Å². The van der Waals surface area contributed by atoms with Crippen LogP contribution in [0.1, 0.15) is 54.0 Å². The first-order valence-electron chi connectivity index (χ1n) is 12.7. The van der Waals surface area contributed by atoms with E-state index >= 15 is 0 Å². The van der Waals surface area contributed by atoms with Gasteiger partial charge in [0.2, 0.25) is 0 Å². The highest BCUT2D eigenvalue weighted by molar-refractivity contribution is 7.12. The molecule has 1 aliphatic heterocycles. The van der Waals surface area contributed by atoms with Gasteiger partial charge in [-0.05, 0) is 101 Å². The van der Waals surface area contributed by atoms with Crippen LogP contribution in [-0.4, -0.2) is 47.2 Å². The van der Waals surface area contributed by atoms with Crippen LogP contribution < -0.4 is 15.2 Å². The maximum atomic E-state index is 8.71. The number of likely N-dealkylation sites (tertiary alicyclic amines) is 1. The lowest BCUT2D eigenvalue weighted by Gasteiger charge is -2.26. The number of rotatable bonds is 12. The number of piperidine rings is 1. The highest BCUT2D eigenvalue weighted by atomic mass is 32.1. The van der Waals surface area contributed by atoms with E-state index in [0.29, 0.717) is 18.8 Å². The third kappa shape index (κ3) is 7.45. The fourth-order valence-electron chi connectivity index (χ4n) is 4.37. The third-order valence-electron chi connectivity index (χ3n) is 6.33. The highest BCUT2D eigenvalue weighted by Crippen LogP contribution is 2.31. The van der Waals surface area contributed by atoms with E-state index in [1.807, 2.05) is 23.5 Å². The second-order valence-electron chi connectivity index (χ2n) is 9.13. The van der Waals surface area contributed by atoms with Crippen molar-refractivity contribution >= 4 is 17.2 Å². The quantitative estimate of drug-likeness (QED) is 0.105. The number of hydrogen-bond donors (Lipinski definition) is 2. The lowest BCUT2D eigenvalue weighted by molar-refractivity contribution is 0.223. The van der Waals surface area contributed by atoms with Crippen molar-refractivity contribution in [3.05, 3.63) is 64.0 Å². The minimum atomic E-state index is 0.0898. The summed E-state index contributed by atoms with van der Waals surface area (Å²) in [6.45, 7) is 6.81. The molecule has 0 atom stereocenters. The monoisotopic (exact) mass is 508 g/mol. The van der Waals surface area contributed by atoms with Gasteiger partial charge in [0.1, 0.15) is 11.5 Å². The largest absolute Gasteiger partial charge is 0.494 e. The van der Waals surface area contributed by atoms with Gasteiger partial charge in [-0.1, -0.05) is 11.6 Å². The van der Waals surface area contributed by atoms with Crippen molar-refractivity contribution in [2.45, 2.75) is 52.0 Å². The van der Waals surface area contributed by atoms with Crippen LogP contribution in [0, 0.1) is 6.92 Å². The molecular formula is C28H36N4O3S. The van der Waals surface area contributed by atoms with Crippen molar-refractivity contribution in [2.24, 2.45) is 10.9 Å². The average molecular weight is 509 g/mol. The molecule has 0 aliphatic carbocycles. The van der Waals surface area contributed by atoms with E-state index in [2.05, 4.69) is 41.2 Å². The SMILES string of the molecule is Cc1nc(-c2ccc(OCCCCCOc3ccc(/C(N)=N\O)cc3)cc2)c(CN2CCCCC2)s1. The molecule has 3 aromatic rings. The first kappa shape index (κ1) is 26.0. The fourth-order valence-corrected chi connectivity index (χ4v) is 5.37. The van der Waals surface area contributed by atoms with Crippen molar-refractivity contribution in [1.82, 2.24) is 9.88 Å². The standard InChI is InChI=1S/C28H36N4O3S/c1-21-30-27(26(36-21)20-32-16-4-2-5-17-32)22-8-12-24(13-9-22)34-18-6-3-7-19-35-25-14-10-23(11-15-25)28(29)31-33/h8-15,33H,2-7,16-20H2,1H3,(H2,29,31). The summed E-state index contributed by atoms with van der Waals surface area (Å²) in [6.07, 6.45) is 6.91. The lowest BCUT2D eigenvalue weighted by atomic mass is 10.1. The van der Waals surface area contributed by atoms with Gasteiger partial charge in [-0.25, -0.2) is 4.98 Å². The van der Waals surface area contributed by atoms with Crippen LogP contribution in [0.5, 0.6) is 11.5 Å². The summed E-state index contributed by atoms with van der Waals surface area (Å²) < 4.78 is 11.7. The average Bonchev–Trinajstić information content (AvgIpc) is 3.28. The van der Waals surface area contributed by atoms with Gasteiger partial charge >= 0.3 is 0 Å². The molecule has 0 radical (unpaired) electrons. The van der Waals surface area contributed by atoms with Gasteiger partial charge in [-0.3, -0.25) is 4.90 Å². The first-order valence-corrected chi connectivity index (χ1v) is 13.6. The molecule has 1 saturated heterocycles. The van der Waals surface area contributed by atoms with Crippen LogP contribution in [0.25, 0.3) is 11.3 Å². The molecule has 0 saturated carbocycles. The Bertz CT molecular complexity index is 1110. The summed E-state index contributed by atoms with van der Waals surface area (Å²) in [5.74, 6) is 1.76. The molecule has 8 heteroatoms. The Morgan fingerprint density at radius 1 is 0.944 bits per heavy atom. The van der Waals surface area contributed by atoms with Crippen LogP contribution in [0.3, 0.4) is 0 Å². The summed E-state index contributed by atoms with van der Waals surface area (Å²) >= 11 is 1.82. The Morgan fingerprint density at radius 3 is 2.17 bits per heavy atom. The van der Waals surface area contributed by atoms with Crippen molar-refractivity contribution in [3.63, 3.8) is 0 Å². The van der Waals surface area contributed by atoms with E-state index in [0.717, 1.165) is 53.6 Å². The summed E-state index contributed by atoms with van der Waals surface area (Å²) in [6, 6.07) is 15.5. The minimum Gasteiger partial charge on any atom is -0.494 e. The number of nitrogens with zero attached hydrogens (tertiary/aromatic N) is 3. The van der Waals surface area contributed by atoms with Gasteiger partial charge in [-0.2, -0.15) is 0 Å². The highest BCUT2D eigenvalue weighted by Gasteiger charge is 2.17. The number of aryl methyl sites for hydroxylation is 1. The number of unbranched alkanes of at least 4 members (excludes halogenated alkanes) is 2. The van der Waals surface area contributed by atoms with Crippen molar-refractivity contribution in [1.29, 1.82) is 0 Å². The summed E-state index contributed by atoms with van der Waals surface area (Å²) in [4.78, 5) is 8.76. The van der Waals surface area contributed by atoms with E-state index in [-0.39, 0.29) is 5.84 Å². The predicted molar refractivity (Wildman–Crippen MR) is 145 cm³/mol. The Balaban J connectivity index is 1.16. The van der Waals surface area contributed by atoms with Crippen LogP contribution in [0.4, 0.5) is 0 Å². The van der Waals surface area contributed by atoms with Crippen LogP contribution in [0.15, 0.2) is 53.7 Å². The predicted octanol–water partition coefficient (Wildman–Crippen LogP) is 5.83. The maximum Gasteiger partial charge on any atom is 0.170 e. The van der Waals surface area contributed by atoms with E-state index in [4.69, 9.17) is 25.4 Å². The number of oxime groups is 1. The molecule has 7 nitrogen and oxygen atoms in total. The molecule has 0 spiro atoms. The second kappa shape index (κ2) is 13.3. The Hall–Kier alpha value is -3.10. The molecule has 1 aliphatic rings. The molecule has 1 fully saturated rings. The molecule has 192 valence electrons. The zero-order chi connectivity index (χ0) is 25.2. The first-order chi connectivity index (χ1) is 17.6. The third-order valence-corrected chi connectivity index (χ3v) is 7.29. The molecule has 2 aromatic carbocycles. The molecule has 0 bridgehead atoms. The number of aromatic nitrogens is 1. The number of amidine groups is 1. The topological polar surface area (TPSA) is 93.2 Å². The molecule has 4 rings (SSSR count). The van der Waals surface area contributed by atoms with Crippen LogP contribution in [0.2, 0.25) is 0 Å². The number of benzene rings is 2. The second-order valence-corrected chi connectivity index (χ2v) is 10.4. The summed E-state index contributed by atoms with van der Waals surface area (Å²) in [7, 11) is 0. The zero-order valence-corrected chi connectivity index (χ0v) is 21.8. The van der Waals surface area contributed by atoms with Gasteiger partial charge in [0.25, 0.3) is 0 Å².